The molecule has 204 valence electrons. The van der Waals surface area contributed by atoms with Gasteiger partial charge >= 0.3 is 0 Å². The quantitative estimate of drug-likeness (QED) is 0.139. The fraction of sp³-hybridized carbons (Fsp3) is 0.162. The van der Waals surface area contributed by atoms with E-state index in [9.17, 15) is 0 Å². The van der Waals surface area contributed by atoms with Crippen LogP contribution in [0.2, 0.25) is 5.82 Å². The highest BCUT2D eigenvalue weighted by Crippen LogP contribution is 2.38. The summed E-state index contributed by atoms with van der Waals surface area (Å²) in [7, 11) is -0.801. The number of hydrogen-bond acceptors (Lipinski definition) is 1. The summed E-state index contributed by atoms with van der Waals surface area (Å²) in [5.74, 6) is 0.866. The zero-order valence-corrected chi connectivity index (χ0v) is 25.4. The Morgan fingerprint density at radius 1 is 0.829 bits per heavy atom. The van der Waals surface area contributed by atoms with Crippen LogP contribution in [0.1, 0.15) is 37.3 Å². The number of benzene rings is 4. The Morgan fingerprint density at radius 2 is 1.32 bits per heavy atom. The van der Waals surface area contributed by atoms with Gasteiger partial charge in [0, 0.05) is 12.4 Å². The Kier molecular flexibility index (Phi) is 9.66. The van der Waals surface area contributed by atoms with Gasteiger partial charge in [0.1, 0.15) is 0 Å². The molecule has 1 fully saturated rings. The summed E-state index contributed by atoms with van der Waals surface area (Å²) in [6.45, 7) is 7.15. The lowest BCUT2D eigenvalue weighted by Crippen LogP contribution is -2.42. The zero-order valence-electron chi connectivity index (χ0n) is 24.0. The first-order valence-electron chi connectivity index (χ1n) is 14.8. The van der Waals surface area contributed by atoms with E-state index in [2.05, 4.69) is 163 Å². The third-order valence-corrected chi connectivity index (χ3v) is 10.3. The third-order valence-electron chi connectivity index (χ3n) is 7.93. The van der Waals surface area contributed by atoms with Crippen molar-refractivity contribution in [2.75, 3.05) is 0 Å². The van der Waals surface area contributed by atoms with Gasteiger partial charge in [-0.25, -0.2) is 4.98 Å². The summed E-state index contributed by atoms with van der Waals surface area (Å²) >= 11 is 0. The van der Waals surface area contributed by atoms with Gasteiger partial charge in [-0.2, -0.15) is 0 Å². The van der Waals surface area contributed by atoms with Crippen LogP contribution in [-0.2, 0) is 5.16 Å². The van der Waals surface area contributed by atoms with E-state index in [1.807, 2.05) is 12.5 Å². The predicted octanol–water partition coefficient (Wildman–Crippen LogP) is 6.74. The van der Waals surface area contributed by atoms with Gasteiger partial charge in [0.2, 0.25) is 6.71 Å². The lowest BCUT2D eigenvalue weighted by molar-refractivity contribution is 0.595. The SMILES string of the molecule is C=C(C=CCC)[SiH2]C(c1ccccc1)(c1ccccc1)n1ccnc1.c1ccc(B(c2ccccc2)C2CC2)cc1. The van der Waals surface area contributed by atoms with Gasteiger partial charge in [0.05, 0.1) is 21.0 Å². The van der Waals surface area contributed by atoms with Crippen molar-refractivity contribution in [1.29, 1.82) is 0 Å². The Balaban J connectivity index is 0.000000181. The van der Waals surface area contributed by atoms with Crippen molar-refractivity contribution in [3.05, 3.63) is 175 Å². The number of aromatic nitrogens is 2. The van der Waals surface area contributed by atoms with E-state index in [0.717, 1.165) is 12.2 Å². The monoisotopic (exact) mass is 550 g/mol. The summed E-state index contributed by atoms with van der Waals surface area (Å²) < 4.78 is 2.26. The first-order chi connectivity index (χ1) is 20.2. The summed E-state index contributed by atoms with van der Waals surface area (Å²) in [5, 5.41) is 1.01. The minimum atomic E-state index is -0.801. The fourth-order valence-electron chi connectivity index (χ4n) is 5.83. The highest BCUT2D eigenvalue weighted by Gasteiger charge is 2.37. The Morgan fingerprint density at radius 3 is 1.73 bits per heavy atom. The fourth-order valence-corrected chi connectivity index (χ4v) is 8.02. The van der Waals surface area contributed by atoms with Crippen molar-refractivity contribution < 1.29 is 0 Å². The minimum Gasteiger partial charge on any atom is -0.326 e. The molecule has 4 aromatic carbocycles. The van der Waals surface area contributed by atoms with Gasteiger partial charge < -0.3 is 4.57 Å². The predicted molar refractivity (Wildman–Crippen MR) is 179 cm³/mol. The minimum absolute atomic E-state index is 0.228. The molecular weight excluding hydrogens is 511 g/mol. The molecule has 0 N–H and O–H groups in total. The Labute approximate surface area is 248 Å². The second kappa shape index (κ2) is 14.0. The maximum Gasteiger partial charge on any atom is 0.212 e. The molecule has 6 rings (SSSR count). The molecule has 5 aromatic rings. The average Bonchev–Trinajstić information content (AvgIpc) is 3.71. The number of nitrogens with zero attached hydrogens (tertiary/aromatic N) is 2. The van der Waals surface area contributed by atoms with Gasteiger partial charge in [-0.1, -0.05) is 175 Å². The van der Waals surface area contributed by atoms with Crippen LogP contribution >= 0.6 is 0 Å². The molecule has 1 aliphatic rings. The van der Waals surface area contributed by atoms with Crippen molar-refractivity contribution in [2.45, 2.75) is 37.2 Å². The molecule has 0 spiro atoms. The lowest BCUT2D eigenvalue weighted by atomic mass is 9.37. The number of imidazole rings is 1. The van der Waals surface area contributed by atoms with Crippen LogP contribution in [0, 0.1) is 0 Å². The van der Waals surface area contributed by atoms with Gasteiger partial charge in [-0.15, -0.1) is 6.58 Å². The van der Waals surface area contributed by atoms with Crippen molar-refractivity contribution in [2.24, 2.45) is 0 Å². The average molecular weight is 551 g/mol. The first-order valence-corrected chi connectivity index (χ1v) is 16.2. The van der Waals surface area contributed by atoms with Crippen LogP contribution in [0.3, 0.4) is 0 Å². The summed E-state index contributed by atoms with van der Waals surface area (Å²) in [4.78, 5) is 4.35. The molecule has 0 radical (unpaired) electrons. The summed E-state index contributed by atoms with van der Waals surface area (Å²) in [6, 6.07) is 43.3. The van der Waals surface area contributed by atoms with E-state index in [-0.39, 0.29) is 5.16 Å². The van der Waals surface area contributed by atoms with Crippen LogP contribution < -0.4 is 10.9 Å². The second-order valence-electron chi connectivity index (χ2n) is 10.8. The first kappa shape index (κ1) is 28.4. The second-order valence-corrected chi connectivity index (χ2v) is 13.1. The van der Waals surface area contributed by atoms with Crippen LogP contribution in [0.5, 0.6) is 0 Å². The van der Waals surface area contributed by atoms with Crippen LogP contribution in [0.25, 0.3) is 0 Å². The molecule has 1 saturated carbocycles. The molecule has 0 bridgehead atoms. The molecular formula is C37H39BN2Si. The van der Waals surface area contributed by atoms with E-state index in [0.29, 0.717) is 6.71 Å². The van der Waals surface area contributed by atoms with E-state index < -0.39 is 9.52 Å². The molecule has 0 atom stereocenters. The van der Waals surface area contributed by atoms with Crippen molar-refractivity contribution >= 4 is 27.2 Å². The van der Waals surface area contributed by atoms with Crippen LogP contribution in [0.4, 0.5) is 0 Å². The summed E-state index contributed by atoms with van der Waals surface area (Å²) in [5.41, 5.74) is 5.52. The molecule has 41 heavy (non-hydrogen) atoms. The molecule has 1 aliphatic carbocycles. The summed E-state index contributed by atoms with van der Waals surface area (Å²) in [6.07, 6.45) is 14.1. The number of allylic oxidation sites excluding steroid dienone is 3. The van der Waals surface area contributed by atoms with Crippen LogP contribution in [-0.4, -0.2) is 25.8 Å². The standard InChI is InChI=1S/C22H24N2Si.C15H15B/c1-3-4-11-19(2)25-22(24-17-16-23-18-24,20-12-7-5-8-13-20)21-14-9-6-10-15-21;1-3-7-13(8-4-1)16(15-11-12-15)14-9-5-2-6-10-14/h4-18H,2-3,25H2,1H3;1-10,15H,11-12H2. The maximum atomic E-state index is 4.38. The van der Waals surface area contributed by atoms with E-state index in [4.69, 9.17) is 0 Å². The van der Waals surface area contributed by atoms with Crippen molar-refractivity contribution in [3.63, 3.8) is 0 Å². The Hall–Kier alpha value is -4.15. The normalized spacial score (nSPS) is 13.2. The van der Waals surface area contributed by atoms with Crippen molar-refractivity contribution in [1.82, 2.24) is 9.55 Å². The van der Waals surface area contributed by atoms with Gasteiger partial charge in [-0.05, 0) is 17.5 Å². The van der Waals surface area contributed by atoms with E-state index in [1.165, 1.54) is 40.1 Å². The largest absolute Gasteiger partial charge is 0.326 e. The topological polar surface area (TPSA) is 17.8 Å². The smallest absolute Gasteiger partial charge is 0.212 e. The zero-order chi connectivity index (χ0) is 28.3. The van der Waals surface area contributed by atoms with Gasteiger partial charge in [-0.3, -0.25) is 0 Å². The molecule has 0 aliphatic heterocycles. The molecule has 0 amide bonds. The van der Waals surface area contributed by atoms with Crippen molar-refractivity contribution in [3.8, 4) is 0 Å². The molecule has 0 unspecified atom stereocenters. The van der Waals surface area contributed by atoms with Crippen LogP contribution in [0.15, 0.2) is 164 Å². The third kappa shape index (κ3) is 6.96. The molecule has 1 aromatic heterocycles. The van der Waals surface area contributed by atoms with Gasteiger partial charge in [0.15, 0.2) is 0 Å². The lowest BCUT2D eigenvalue weighted by Gasteiger charge is -2.37. The molecule has 0 saturated heterocycles. The van der Waals surface area contributed by atoms with E-state index >= 15 is 0 Å². The Bertz CT molecular complexity index is 1420. The number of rotatable bonds is 10. The molecule has 1 heterocycles. The highest BCUT2D eigenvalue weighted by atomic mass is 28.2. The van der Waals surface area contributed by atoms with E-state index in [1.54, 1.807) is 0 Å². The molecule has 4 heteroatoms. The maximum absolute atomic E-state index is 4.38. The molecule has 2 nitrogen and oxygen atoms in total. The number of hydrogen-bond donors (Lipinski definition) is 0. The van der Waals surface area contributed by atoms with Gasteiger partial charge in [0.25, 0.3) is 0 Å². The highest BCUT2D eigenvalue weighted by molar-refractivity contribution is 6.86.